The first-order valence-corrected chi connectivity index (χ1v) is 8.44. The molecule has 23 heavy (non-hydrogen) atoms. The molecule has 1 amide bonds. The van der Waals surface area contributed by atoms with Crippen LogP contribution in [0.15, 0.2) is 48.5 Å². The molecule has 1 unspecified atom stereocenters. The fourth-order valence-corrected chi connectivity index (χ4v) is 3.11. The van der Waals surface area contributed by atoms with Crippen LogP contribution >= 0.6 is 23.2 Å². The van der Waals surface area contributed by atoms with Gasteiger partial charge in [-0.05, 0) is 43.1 Å². The third-order valence-electron chi connectivity index (χ3n) is 4.01. The molecule has 1 atom stereocenters. The van der Waals surface area contributed by atoms with Gasteiger partial charge in [0.05, 0.1) is 16.1 Å². The number of amides is 1. The number of halogens is 2. The highest BCUT2D eigenvalue weighted by molar-refractivity contribution is 6.42. The van der Waals surface area contributed by atoms with E-state index in [0.717, 1.165) is 24.2 Å². The molecule has 1 saturated heterocycles. The molecule has 2 aromatic rings. The lowest BCUT2D eigenvalue weighted by Crippen LogP contribution is -2.45. The number of nitrogens with one attached hydrogen (secondary N) is 1. The van der Waals surface area contributed by atoms with E-state index in [-0.39, 0.29) is 11.9 Å². The topological polar surface area (TPSA) is 32.3 Å². The van der Waals surface area contributed by atoms with Gasteiger partial charge in [0.15, 0.2) is 0 Å². The Hall–Kier alpha value is -1.55. The van der Waals surface area contributed by atoms with Crippen molar-refractivity contribution in [3.8, 4) is 0 Å². The zero-order valence-corrected chi connectivity index (χ0v) is 14.1. The van der Waals surface area contributed by atoms with Crippen LogP contribution in [-0.2, 0) is 11.2 Å². The van der Waals surface area contributed by atoms with Crippen molar-refractivity contribution in [2.45, 2.75) is 18.9 Å². The Morgan fingerprint density at radius 1 is 1.09 bits per heavy atom. The normalized spacial score (nSPS) is 18.8. The molecule has 3 nitrogen and oxygen atoms in total. The molecule has 5 heteroatoms. The average Bonchev–Trinajstić information content (AvgIpc) is 2.74. The van der Waals surface area contributed by atoms with E-state index in [2.05, 4.69) is 5.32 Å². The first kappa shape index (κ1) is 16.3. The Morgan fingerprint density at radius 2 is 1.87 bits per heavy atom. The van der Waals surface area contributed by atoms with Crippen LogP contribution in [0.4, 0.5) is 5.69 Å². The van der Waals surface area contributed by atoms with Gasteiger partial charge in [-0.3, -0.25) is 4.79 Å². The SMILES string of the molecule is O=C1C(Cc2ccccc2)NCCCN1c1ccc(Cl)c(Cl)c1. The van der Waals surface area contributed by atoms with Gasteiger partial charge in [-0.1, -0.05) is 53.5 Å². The molecule has 0 radical (unpaired) electrons. The van der Waals surface area contributed by atoms with Crippen LogP contribution in [0.1, 0.15) is 12.0 Å². The van der Waals surface area contributed by atoms with Crippen molar-refractivity contribution in [1.29, 1.82) is 0 Å². The van der Waals surface area contributed by atoms with Gasteiger partial charge >= 0.3 is 0 Å². The Kier molecular flexibility index (Phi) is 5.21. The molecule has 0 saturated carbocycles. The second-order valence-corrected chi connectivity index (χ2v) is 6.45. The summed E-state index contributed by atoms with van der Waals surface area (Å²) in [6.07, 6.45) is 1.58. The minimum atomic E-state index is -0.227. The molecule has 0 aliphatic carbocycles. The molecule has 1 fully saturated rings. The van der Waals surface area contributed by atoms with Gasteiger partial charge < -0.3 is 10.2 Å². The maximum Gasteiger partial charge on any atom is 0.244 e. The second kappa shape index (κ2) is 7.35. The largest absolute Gasteiger partial charge is 0.311 e. The van der Waals surface area contributed by atoms with Gasteiger partial charge in [0.25, 0.3) is 0 Å². The van der Waals surface area contributed by atoms with Gasteiger partial charge in [-0.25, -0.2) is 0 Å². The van der Waals surface area contributed by atoms with E-state index in [1.807, 2.05) is 36.4 Å². The predicted molar refractivity (Wildman–Crippen MR) is 95.4 cm³/mol. The van der Waals surface area contributed by atoms with E-state index in [1.165, 1.54) is 0 Å². The van der Waals surface area contributed by atoms with Crippen LogP contribution in [-0.4, -0.2) is 25.0 Å². The lowest BCUT2D eigenvalue weighted by atomic mass is 10.0. The maximum absolute atomic E-state index is 12.9. The number of carbonyl (C=O) groups is 1. The fraction of sp³-hybridized carbons (Fsp3) is 0.278. The van der Waals surface area contributed by atoms with Crippen LogP contribution in [0.25, 0.3) is 0 Å². The Labute approximate surface area is 146 Å². The van der Waals surface area contributed by atoms with Crippen LogP contribution in [0, 0.1) is 0 Å². The summed E-state index contributed by atoms with van der Waals surface area (Å²) in [5, 5.41) is 4.32. The quantitative estimate of drug-likeness (QED) is 0.911. The van der Waals surface area contributed by atoms with E-state index >= 15 is 0 Å². The number of carbonyl (C=O) groups excluding carboxylic acids is 1. The van der Waals surface area contributed by atoms with E-state index in [0.29, 0.717) is 23.0 Å². The lowest BCUT2D eigenvalue weighted by Gasteiger charge is -2.25. The average molecular weight is 349 g/mol. The molecule has 2 aromatic carbocycles. The summed E-state index contributed by atoms with van der Waals surface area (Å²) >= 11 is 12.1. The van der Waals surface area contributed by atoms with Gasteiger partial charge in [-0.15, -0.1) is 0 Å². The zero-order valence-electron chi connectivity index (χ0n) is 12.6. The number of benzene rings is 2. The second-order valence-electron chi connectivity index (χ2n) is 5.64. The number of hydrogen-bond acceptors (Lipinski definition) is 2. The molecule has 120 valence electrons. The number of nitrogens with zero attached hydrogens (tertiary/aromatic N) is 1. The van der Waals surface area contributed by atoms with Crippen molar-refractivity contribution in [1.82, 2.24) is 5.32 Å². The highest BCUT2D eigenvalue weighted by atomic mass is 35.5. The molecule has 1 N–H and O–H groups in total. The van der Waals surface area contributed by atoms with Crippen LogP contribution in [0.5, 0.6) is 0 Å². The van der Waals surface area contributed by atoms with Crippen LogP contribution < -0.4 is 10.2 Å². The minimum Gasteiger partial charge on any atom is -0.311 e. The number of rotatable bonds is 3. The monoisotopic (exact) mass is 348 g/mol. The predicted octanol–water partition coefficient (Wildman–Crippen LogP) is 3.93. The third kappa shape index (κ3) is 3.86. The third-order valence-corrected chi connectivity index (χ3v) is 4.75. The van der Waals surface area contributed by atoms with Crippen molar-refractivity contribution in [2.24, 2.45) is 0 Å². The van der Waals surface area contributed by atoms with Crippen LogP contribution in [0.3, 0.4) is 0 Å². The summed E-state index contributed by atoms with van der Waals surface area (Å²) in [6, 6.07) is 15.2. The van der Waals surface area contributed by atoms with Crippen molar-refractivity contribution >= 4 is 34.8 Å². The molecular formula is C18H18Cl2N2O. The van der Waals surface area contributed by atoms with E-state index in [4.69, 9.17) is 23.2 Å². The summed E-state index contributed by atoms with van der Waals surface area (Å²) in [5.74, 6) is 0.0738. The molecule has 0 spiro atoms. The molecule has 1 aliphatic heterocycles. The van der Waals surface area contributed by atoms with Crippen molar-refractivity contribution in [3.63, 3.8) is 0 Å². The number of anilines is 1. The Morgan fingerprint density at radius 3 is 2.61 bits per heavy atom. The van der Waals surface area contributed by atoms with Gasteiger partial charge in [0.2, 0.25) is 5.91 Å². The molecule has 1 aliphatic rings. The molecule has 3 rings (SSSR count). The van der Waals surface area contributed by atoms with Crippen molar-refractivity contribution < 1.29 is 4.79 Å². The molecule has 0 bridgehead atoms. The van der Waals surface area contributed by atoms with Crippen LogP contribution in [0.2, 0.25) is 10.0 Å². The summed E-state index contributed by atoms with van der Waals surface area (Å²) in [4.78, 5) is 14.7. The van der Waals surface area contributed by atoms with Gasteiger partial charge in [0, 0.05) is 12.2 Å². The van der Waals surface area contributed by atoms with Gasteiger partial charge in [0.1, 0.15) is 0 Å². The first-order chi connectivity index (χ1) is 11.1. The summed E-state index contributed by atoms with van der Waals surface area (Å²) in [7, 11) is 0. The zero-order chi connectivity index (χ0) is 16.2. The van der Waals surface area contributed by atoms with Gasteiger partial charge in [-0.2, -0.15) is 0 Å². The molecular weight excluding hydrogens is 331 g/mol. The summed E-state index contributed by atoms with van der Waals surface area (Å²) < 4.78 is 0. The van der Waals surface area contributed by atoms with Crippen molar-refractivity contribution in [3.05, 3.63) is 64.1 Å². The summed E-state index contributed by atoms with van der Waals surface area (Å²) in [6.45, 7) is 1.50. The van der Waals surface area contributed by atoms with E-state index < -0.39 is 0 Å². The van der Waals surface area contributed by atoms with E-state index in [9.17, 15) is 4.79 Å². The lowest BCUT2D eigenvalue weighted by molar-refractivity contribution is -0.120. The van der Waals surface area contributed by atoms with Crippen molar-refractivity contribution in [2.75, 3.05) is 18.0 Å². The molecule has 1 heterocycles. The smallest absolute Gasteiger partial charge is 0.244 e. The molecule has 0 aromatic heterocycles. The Bertz CT molecular complexity index is 691. The first-order valence-electron chi connectivity index (χ1n) is 7.69. The highest BCUT2D eigenvalue weighted by Gasteiger charge is 2.28. The van der Waals surface area contributed by atoms with E-state index in [1.54, 1.807) is 17.0 Å². The fourth-order valence-electron chi connectivity index (χ4n) is 2.82. The standard InChI is InChI=1S/C18H18Cl2N2O/c19-15-8-7-14(12-16(15)20)22-10-4-9-21-17(18(22)23)11-13-5-2-1-3-6-13/h1-3,5-8,12,17,21H,4,9-11H2. The Balaban J connectivity index is 1.83. The maximum atomic E-state index is 12.9. The summed E-state index contributed by atoms with van der Waals surface area (Å²) in [5.41, 5.74) is 1.94. The minimum absolute atomic E-state index is 0.0738. The number of hydrogen-bond donors (Lipinski definition) is 1. The highest BCUT2D eigenvalue weighted by Crippen LogP contribution is 2.28.